The van der Waals surface area contributed by atoms with Crippen LogP contribution < -0.4 is 14.2 Å². The number of aliphatic carboxylic acids is 1. The first-order chi connectivity index (χ1) is 13.0. The average Bonchev–Trinajstić information content (AvgIpc) is 3.37. The zero-order valence-corrected chi connectivity index (χ0v) is 14.9. The molecular formula is C20H18O7. The van der Waals surface area contributed by atoms with Gasteiger partial charge in [-0.25, -0.2) is 9.59 Å². The molecule has 7 nitrogen and oxygen atoms in total. The number of hydrogen-bond donors (Lipinski definition) is 1. The number of esters is 1. The standard InChI is InChI=1S/C20H18O7/c1-24-15-7-6-12(11-4-3-5-13-14(11)10-26-18(13)21)16(17(15)25-2)27-20(8-9-20)19(22)23/h3-7H,8-10H2,1-2H3,(H,22,23). The molecule has 0 radical (unpaired) electrons. The molecule has 1 aliphatic carbocycles. The lowest BCUT2D eigenvalue weighted by Gasteiger charge is -2.21. The van der Waals surface area contributed by atoms with E-state index in [1.54, 1.807) is 24.3 Å². The van der Waals surface area contributed by atoms with Crippen LogP contribution in [-0.2, 0) is 16.1 Å². The number of carbonyl (C=O) groups is 2. The highest BCUT2D eigenvalue weighted by Crippen LogP contribution is 2.51. The van der Waals surface area contributed by atoms with Gasteiger partial charge in [0.15, 0.2) is 11.5 Å². The zero-order chi connectivity index (χ0) is 19.2. The summed E-state index contributed by atoms with van der Waals surface area (Å²) in [6.07, 6.45) is 0.827. The largest absolute Gasteiger partial charge is 0.493 e. The van der Waals surface area contributed by atoms with Crippen LogP contribution in [0.5, 0.6) is 17.2 Å². The van der Waals surface area contributed by atoms with Crippen molar-refractivity contribution in [2.45, 2.75) is 25.0 Å². The van der Waals surface area contributed by atoms with Gasteiger partial charge in [0.1, 0.15) is 6.61 Å². The average molecular weight is 370 g/mol. The van der Waals surface area contributed by atoms with Gasteiger partial charge in [0.25, 0.3) is 0 Å². The molecule has 0 atom stereocenters. The van der Waals surface area contributed by atoms with E-state index < -0.39 is 11.6 Å². The summed E-state index contributed by atoms with van der Waals surface area (Å²) in [4.78, 5) is 23.6. The summed E-state index contributed by atoms with van der Waals surface area (Å²) in [5.41, 5.74) is 1.32. The quantitative estimate of drug-likeness (QED) is 0.782. The third-order valence-corrected chi connectivity index (χ3v) is 4.93. The van der Waals surface area contributed by atoms with E-state index in [0.29, 0.717) is 35.5 Å². The molecule has 1 heterocycles. The monoisotopic (exact) mass is 370 g/mol. The van der Waals surface area contributed by atoms with Gasteiger partial charge in [0, 0.05) is 24.0 Å². The molecule has 0 amide bonds. The van der Waals surface area contributed by atoms with Crippen LogP contribution in [0, 0.1) is 0 Å². The number of methoxy groups -OCH3 is 2. The van der Waals surface area contributed by atoms with Gasteiger partial charge in [-0.15, -0.1) is 0 Å². The van der Waals surface area contributed by atoms with Crippen molar-refractivity contribution >= 4 is 11.9 Å². The maximum absolute atomic E-state index is 11.9. The summed E-state index contributed by atoms with van der Waals surface area (Å²) in [6.45, 7) is 0.155. The molecule has 2 aromatic rings. The van der Waals surface area contributed by atoms with Gasteiger partial charge in [0.2, 0.25) is 11.4 Å². The number of carboxylic acid groups (broad SMARTS) is 1. The Morgan fingerprint density at radius 2 is 1.78 bits per heavy atom. The Labute approximate surface area is 155 Å². The van der Waals surface area contributed by atoms with Crippen LogP contribution in [0.2, 0.25) is 0 Å². The summed E-state index contributed by atoms with van der Waals surface area (Å²) in [6, 6.07) is 8.79. The number of carboxylic acids is 1. The summed E-state index contributed by atoms with van der Waals surface area (Å²) >= 11 is 0. The molecule has 4 rings (SSSR count). The number of benzene rings is 2. The minimum Gasteiger partial charge on any atom is -0.493 e. The molecule has 0 spiro atoms. The van der Waals surface area contributed by atoms with Crippen LogP contribution in [0.4, 0.5) is 0 Å². The van der Waals surface area contributed by atoms with E-state index in [9.17, 15) is 14.7 Å². The third-order valence-electron chi connectivity index (χ3n) is 4.93. The SMILES string of the molecule is COc1ccc(-c2cccc3c2COC3=O)c(OC2(C(=O)O)CC2)c1OC. The molecule has 1 aliphatic heterocycles. The van der Waals surface area contributed by atoms with E-state index in [-0.39, 0.29) is 18.3 Å². The van der Waals surface area contributed by atoms with E-state index in [0.717, 1.165) is 11.1 Å². The second-order valence-corrected chi connectivity index (χ2v) is 6.49. The number of cyclic esters (lactones) is 1. The van der Waals surface area contributed by atoms with Crippen LogP contribution in [0.25, 0.3) is 11.1 Å². The van der Waals surface area contributed by atoms with Gasteiger partial charge < -0.3 is 24.1 Å². The first-order valence-electron chi connectivity index (χ1n) is 8.47. The lowest BCUT2D eigenvalue weighted by Crippen LogP contribution is -2.29. The number of carbonyl (C=O) groups excluding carboxylic acids is 1. The van der Waals surface area contributed by atoms with Crippen LogP contribution in [-0.4, -0.2) is 36.9 Å². The molecule has 0 bridgehead atoms. The fraction of sp³-hybridized carbons (Fsp3) is 0.300. The van der Waals surface area contributed by atoms with Crippen LogP contribution >= 0.6 is 0 Å². The maximum Gasteiger partial charge on any atom is 0.348 e. The first kappa shape index (κ1) is 17.2. The number of rotatable bonds is 6. The van der Waals surface area contributed by atoms with Crippen molar-refractivity contribution in [3.05, 3.63) is 41.5 Å². The second kappa shape index (κ2) is 6.19. The van der Waals surface area contributed by atoms with Gasteiger partial charge in [-0.2, -0.15) is 0 Å². The van der Waals surface area contributed by atoms with Gasteiger partial charge in [-0.05, 0) is 23.8 Å². The van der Waals surface area contributed by atoms with Crippen LogP contribution in [0.1, 0.15) is 28.8 Å². The minimum atomic E-state index is -1.27. The smallest absolute Gasteiger partial charge is 0.348 e. The second-order valence-electron chi connectivity index (χ2n) is 6.49. The summed E-state index contributed by atoms with van der Waals surface area (Å²) in [5, 5.41) is 9.54. The first-order valence-corrected chi connectivity index (χ1v) is 8.47. The molecule has 140 valence electrons. The highest BCUT2D eigenvalue weighted by atomic mass is 16.6. The van der Waals surface area contributed by atoms with Crippen molar-refractivity contribution in [1.29, 1.82) is 0 Å². The van der Waals surface area contributed by atoms with Gasteiger partial charge >= 0.3 is 11.9 Å². The van der Waals surface area contributed by atoms with Crippen molar-refractivity contribution in [3.8, 4) is 28.4 Å². The normalized spacial score (nSPS) is 16.3. The Kier molecular flexibility index (Phi) is 3.95. The Morgan fingerprint density at radius 3 is 2.41 bits per heavy atom. The van der Waals surface area contributed by atoms with Crippen molar-refractivity contribution in [2.24, 2.45) is 0 Å². The van der Waals surface area contributed by atoms with Crippen molar-refractivity contribution in [2.75, 3.05) is 14.2 Å². The van der Waals surface area contributed by atoms with Gasteiger partial charge in [-0.3, -0.25) is 0 Å². The van der Waals surface area contributed by atoms with Crippen molar-refractivity contribution < 1.29 is 33.6 Å². The van der Waals surface area contributed by atoms with Crippen LogP contribution in [0.15, 0.2) is 30.3 Å². The maximum atomic E-state index is 11.9. The summed E-state index contributed by atoms with van der Waals surface area (Å²) < 4.78 is 22.0. The minimum absolute atomic E-state index is 0.155. The number of fused-ring (bicyclic) bond motifs is 1. The molecule has 7 heteroatoms. The van der Waals surface area contributed by atoms with E-state index in [1.165, 1.54) is 14.2 Å². The lowest BCUT2D eigenvalue weighted by molar-refractivity contribution is -0.147. The number of hydrogen-bond acceptors (Lipinski definition) is 6. The molecule has 1 fully saturated rings. The molecule has 0 saturated heterocycles. The highest BCUT2D eigenvalue weighted by molar-refractivity contribution is 5.97. The van der Waals surface area contributed by atoms with Gasteiger partial charge in [-0.1, -0.05) is 12.1 Å². The lowest BCUT2D eigenvalue weighted by atomic mass is 9.95. The predicted molar refractivity (Wildman–Crippen MR) is 94.3 cm³/mol. The summed E-state index contributed by atoms with van der Waals surface area (Å²) in [5.74, 6) is -0.374. The molecule has 0 aromatic heterocycles. The Morgan fingerprint density at radius 1 is 1.04 bits per heavy atom. The molecule has 0 unspecified atom stereocenters. The fourth-order valence-electron chi connectivity index (χ4n) is 3.28. The third kappa shape index (κ3) is 2.66. The predicted octanol–water partition coefficient (Wildman–Crippen LogP) is 3.04. The van der Waals surface area contributed by atoms with E-state index in [4.69, 9.17) is 18.9 Å². The molecule has 1 saturated carbocycles. The topological polar surface area (TPSA) is 91.3 Å². The molecular weight excluding hydrogens is 352 g/mol. The van der Waals surface area contributed by atoms with Crippen molar-refractivity contribution in [3.63, 3.8) is 0 Å². The highest BCUT2D eigenvalue weighted by Gasteiger charge is 2.54. The van der Waals surface area contributed by atoms with Gasteiger partial charge in [0.05, 0.1) is 19.8 Å². The fourth-order valence-corrected chi connectivity index (χ4v) is 3.28. The molecule has 2 aromatic carbocycles. The molecule has 27 heavy (non-hydrogen) atoms. The van der Waals surface area contributed by atoms with Crippen molar-refractivity contribution in [1.82, 2.24) is 0 Å². The molecule has 2 aliphatic rings. The Balaban J connectivity index is 1.92. The Bertz CT molecular complexity index is 944. The van der Waals surface area contributed by atoms with E-state index >= 15 is 0 Å². The van der Waals surface area contributed by atoms with E-state index in [2.05, 4.69) is 0 Å². The van der Waals surface area contributed by atoms with E-state index in [1.807, 2.05) is 6.07 Å². The van der Waals surface area contributed by atoms with Crippen LogP contribution in [0.3, 0.4) is 0 Å². The number of ether oxygens (including phenoxy) is 4. The molecule has 1 N–H and O–H groups in total. The summed E-state index contributed by atoms with van der Waals surface area (Å²) in [7, 11) is 2.97. The zero-order valence-electron chi connectivity index (χ0n) is 14.9. The Hall–Kier alpha value is -3.22.